The zero-order valence-corrected chi connectivity index (χ0v) is 11.7. The van der Waals surface area contributed by atoms with E-state index < -0.39 is 11.5 Å². The van der Waals surface area contributed by atoms with Crippen LogP contribution < -0.4 is 5.73 Å². The fraction of sp³-hybridized carbons (Fsp3) is 0.333. The van der Waals surface area contributed by atoms with Crippen LogP contribution in [0.5, 0.6) is 0 Å². The average Bonchev–Trinajstić information content (AvgIpc) is 2.85. The summed E-state index contributed by atoms with van der Waals surface area (Å²) in [5.74, 6) is -0.443. The molecule has 0 saturated carbocycles. The summed E-state index contributed by atoms with van der Waals surface area (Å²) in [6.07, 6.45) is 1.69. The first kappa shape index (κ1) is 14.3. The molecule has 2 rings (SSSR count). The molecular weight excluding hydrogens is 254 g/mol. The van der Waals surface area contributed by atoms with E-state index in [1.54, 1.807) is 17.8 Å². The number of hydrogen-bond acceptors (Lipinski definition) is 4. The van der Waals surface area contributed by atoms with Crippen LogP contribution in [0.3, 0.4) is 0 Å². The van der Waals surface area contributed by atoms with Crippen molar-refractivity contribution in [2.24, 2.45) is 5.73 Å². The van der Waals surface area contributed by atoms with Crippen molar-refractivity contribution in [2.45, 2.75) is 25.9 Å². The lowest BCUT2D eigenvalue weighted by molar-refractivity contribution is -0.150. The number of nitrogens with zero attached hydrogens (tertiary/aromatic N) is 2. The van der Waals surface area contributed by atoms with Crippen molar-refractivity contribution in [3.63, 3.8) is 0 Å². The fourth-order valence-electron chi connectivity index (χ4n) is 2.07. The van der Waals surface area contributed by atoms with E-state index in [1.807, 2.05) is 43.3 Å². The van der Waals surface area contributed by atoms with Gasteiger partial charge < -0.3 is 10.5 Å². The van der Waals surface area contributed by atoms with Gasteiger partial charge in [-0.1, -0.05) is 30.3 Å². The quantitative estimate of drug-likeness (QED) is 0.840. The Morgan fingerprint density at radius 2 is 2.05 bits per heavy atom. The topological polar surface area (TPSA) is 70.1 Å². The van der Waals surface area contributed by atoms with Crippen LogP contribution in [0.1, 0.15) is 18.2 Å². The van der Waals surface area contributed by atoms with E-state index in [2.05, 4.69) is 5.10 Å². The summed E-state index contributed by atoms with van der Waals surface area (Å²) in [6.45, 7) is 4.23. The molecule has 0 aliphatic heterocycles. The third-order valence-electron chi connectivity index (χ3n) is 3.26. The number of hydrogen-bond donors (Lipinski definition) is 1. The van der Waals surface area contributed by atoms with E-state index in [4.69, 9.17) is 10.5 Å². The van der Waals surface area contributed by atoms with Crippen molar-refractivity contribution in [2.75, 3.05) is 6.61 Å². The van der Waals surface area contributed by atoms with Gasteiger partial charge in [0.15, 0.2) is 5.54 Å². The summed E-state index contributed by atoms with van der Waals surface area (Å²) >= 11 is 0. The predicted molar refractivity (Wildman–Crippen MR) is 75.9 cm³/mol. The maximum Gasteiger partial charge on any atom is 0.332 e. The molecule has 0 fully saturated rings. The molecular formula is C15H19N3O2. The molecule has 1 aromatic carbocycles. The minimum Gasteiger partial charge on any atom is -0.464 e. The van der Waals surface area contributed by atoms with Gasteiger partial charge in [0.05, 0.1) is 13.2 Å². The fourth-order valence-corrected chi connectivity index (χ4v) is 2.07. The van der Waals surface area contributed by atoms with E-state index >= 15 is 0 Å². The van der Waals surface area contributed by atoms with Gasteiger partial charge in [0.25, 0.3) is 0 Å². The molecule has 0 amide bonds. The van der Waals surface area contributed by atoms with Crippen LogP contribution in [0.2, 0.25) is 0 Å². The van der Waals surface area contributed by atoms with Crippen LogP contribution >= 0.6 is 0 Å². The van der Waals surface area contributed by atoms with Gasteiger partial charge in [-0.3, -0.25) is 4.68 Å². The molecule has 1 aromatic heterocycles. The third-order valence-corrected chi connectivity index (χ3v) is 3.26. The molecule has 0 spiro atoms. The Morgan fingerprint density at radius 3 is 2.60 bits per heavy atom. The molecule has 0 bridgehead atoms. The van der Waals surface area contributed by atoms with E-state index in [0.29, 0.717) is 12.2 Å². The van der Waals surface area contributed by atoms with E-state index in [9.17, 15) is 4.79 Å². The molecule has 5 heteroatoms. The number of esters is 1. The Labute approximate surface area is 118 Å². The Hall–Kier alpha value is -2.14. The monoisotopic (exact) mass is 273 g/mol. The van der Waals surface area contributed by atoms with Crippen molar-refractivity contribution in [3.8, 4) is 0 Å². The lowest BCUT2D eigenvalue weighted by atomic mass is 9.91. The number of ether oxygens (including phenoxy) is 1. The molecule has 2 aromatic rings. The summed E-state index contributed by atoms with van der Waals surface area (Å²) in [7, 11) is 0. The molecule has 0 radical (unpaired) electrons. The van der Waals surface area contributed by atoms with Crippen LogP contribution in [0.4, 0.5) is 0 Å². The minimum absolute atomic E-state index is 0.245. The number of aryl methyl sites for hydroxylation is 1. The maximum atomic E-state index is 12.3. The number of carbonyl (C=O) groups excluding carboxylic acids is 1. The summed E-state index contributed by atoms with van der Waals surface area (Å²) in [5.41, 5.74) is 6.79. The van der Waals surface area contributed by atoms with E-state index in [-0.39, 0.29) is 6.54 Å². The number of benzene rings is 1. The number of carbonyl (C=O) groups is 1. The first-order valence-corrected chi connectivity index (χ1v) is 6.58. The molecule has 0 saturated heterocycles. The molecule has 2 N–H and O–H groups in total. The summed E-state index contributed by atoms with van der Waals surface area (Å²) in [6, 6.07) is 11.1. The minimum atomic E-state index is -1.24. The van der Waals surface area contributed by atoms with Crippen molar-refractivity contribution in [3.05, 3.63) is 53.9 Å². The smallest absolute Gasteiger partial charge is 0.332 e. The standard InChI is InChI=1S/C15H19N3O2/c1-3-20-14(19)15(16,13-7-5-4-6-8-13)11-18-12(2)9-10-17-18/h4-10H,3,11,16H2,1-2H3. The molecule has 106 valence electrons. The van der Waals surface area contributed by atoms with Crippen LogP contribution in [-0.2, 0) is 21.6 Å². The highest BCUT2D eigenvalue weighted by Crippen LogP contribution is 2.22. The van der Waals surface area contributed by atoms with Gasteiger partial charge in [0, 0.05) is 11.9 Å². The molecule has 1 atom stereocenters. The molecule has 20 heavy (non-hydrogen) atoms. The number of rotatable bonds is 5. The SMILES string of the molecule is CCOC(=O)C(N)(Cn1nccc1C)c1ccccc1. The highest BCUT2D eigenvalue weighted by atomic mass is 16.5. The van der Waals surface area contributed by atoms with Gasteiger partial charge in [-0.2, -0.15) is 5.10 Å². The second-order valence-electron chi connectivity index (χ2n) is 4.69. The van der Waals surface area contributed by atoms with Gasteiger partial charge in [0.1, 0.15) is 0 Å². The Morgan fingerprint density at radius 1 is 1.35 bits per heavy atom. The van der Waals surface area contributed by atoms with Crippen molar-refractivity contribution < 1.29 is 9.53 Å². The van der Waals surface area contributed by atoms with Crippen LogP contribution in [0.25, 0.3) is 0 Å². The first-order chi connectivity index (χ1) is 9.58. The molecule has 1 heterocycles. The molecule has 5 nitrogen and oxygen atoms in total. The highest BCUT2D eigenvalue weighted by Gasteiger charge is 2.38. The van der Waals surface area contributed by atoms with Crippen molar-refractivity contribution in [1.82, 2.24) is 9.78 Å². The summed E-state index contributed by atoms with van der Waals surface area (Å²) in [4.78, 5) is 12.3. The van der Waals surface area contributed by atoms with Crippen molar-refractivity contribution >= 4 is 5.97 Å². The number of aromatic nitrogens is 2. The van der Waals surface area contributed by atoms with Gasteiger partial charge in [-0.15, -0.1) is 0 Å². The van der Waals surface area contributed by atoms with Gasteiger partial charge in [-0.05, 0) is 25.5 Å². The van der Waals surface area contributed by atoms with Crippen LogP contribution in [-0.4, -0.2) is 22.4 Å². The zero-order chi connectivity index (χ0) is 14.6. The van der Waals surface area contributed by atoms with Crippen LogP contribution in [0, 0.1) is 6.92 Å². The number of nitrogens with two attached hydrogens (primary N) is 1. The molecule has 1 unspecified atom stereocenters. The lowest BCUT2D eigenvalue weighted by Gasteiger charge is -2.28. The second kappa shape index (κ2) is 5.88. The van der Waals surface area contributed by atoms with E-state index in [0.717, 1.165) is 5.69 Å². The Bertz CT molecular complexity index is 580. The van der Waals surface area contributed by atoms with Gasteiger partial charge in [0.2, 0.25) is 0 Å². The molecule has 0 aliphatic carbocycles. The van der Waals surface area contributed by atoms with Crippen molar-refractivity contribution in [1.29, 1.82) is 0 Å². The second-order valence-corrected chi connectivity index (χ2v) is 4.69. The zero-order valence-electron chi connectivity index (χ0n) is 11.7. The Balaban J connectivity index is 2.39. The van der Waals surface area contributed by atoms with Gasteiger partial charge >= 0.3 is 5.97 Å². The summed E-state index contributed by atoms with van der Waals surface area (Å²) in [5, 5.41) is 4.20. The predicted octanol–water partition coefficient (Wildman–Crippen LogP) is 1.61. The first-order valence-electron chi connectivity index (χ1n) is 6.58. The largest absolute Gasteiger partial charge is 0.464 e. The lowest BCUT2D eigenvalue weighted by Crippen LogP contribution is -2.49. The highest BCUT2D eigenvalue weighted by molar-refractivity contribution is 5.82. The Kier molecular flexibility index (Phi) is 4.20. The average molecular weight is 273 g/mol. The normalized spacial score (nSPS) is 13.8. The maximum absolute atomic E-state index is 12.3. The van der Waals surface area contributed by atoms with Gasteiger partial charge in [-0.25, -0.2) is 4.79 Å². The van der Waals surface area contributed by atoms with E-state index in [1.165, 1.54) is 0 Å². The third kappa shape index (κ3) is 2.72. The van der Waals surface area contributed by atoms with Crippen LogP contribution in [0.15, 0.2) is 42.6 Å². The summed E-state index contributed by atoms with van der Waals surface area (Å²) < 4.78 is 6.86. The molecule has 0 aliphatic rings.